The highest BCUT2D eigenvalue weighted by Crippen LogP contribution is 2.48. The minimum atomic E-state index is 0.146. The third kappa shape index (κ3) is 1.47. The molecular formula is C10H17NO. The maximum Gasteiger partial charge on any atom is 0.217 e. The van der Waals surface area contributed by atoms with E-state index in [1.165, 1.54) is 32.1 Å². The molecule has 0 aromatic rings. The third-order valence-electron chi connectivity index (χ3n) is 3.28. The molecule has 2 aliphatic rings. The first-order chi connectivity index (χ1) is 5.79. The molecule has 2 aliphatic carbocycles. The van der Waals surface area contributed by atoms with Crippen LogP contribution >= 0.6 is 0 Å². The van der Waals surface area contributed by atoms with Crippen molar-refractivity contribution in [1.29, 1.82) is 0 Å². The summed E-state index contributed by atoms with van der Waals surface area (Å²) in [7, 11) is 0. The summed E-state index contributed by atoms with van der Waals surface area (Å²) in [6.07, 6.45) is 6.83. The molecular weight excluding hydrogens is 150 g/mol. The molecule has 2 rings (SSSR count). The summed E-state index contributed by atoms with van der Waals surface area (Å²) in [5.74, 6) is 1.81. The first-order valence-electron chi connectivity index (χ1n) is 5.06. The summed E-state index contributed by atoms with van der Waals surface area (Å²) in [5, 5.41) is 3.05. The van der Waals surface area contributed by atoms with Crippen molar-refractivity contribution in [3.8, 4) is 0 Å². The van der Waals surface area contributed by atoms with E-state index >= 15 is 0 Å². The average molecular weight is 167 g/mol. The number of carbonyl (C=O) groups is 1. The Bertz CT molecular complexity index is 178. The summed E-state index contributed by atoms with van der Waals surface area (Å²) >= 11 is 0. The summed E-state index contributed by atoms with van der Waals surface area (Å²) in [4.78, 5) is 10.8. The molecule has 68 valence electrons. The zero-order chi connectivity index (χ0) is 8.55. The predicted molar refractivity (Wildman–Crippen MR) is 47.7 cm³/mol. The van der Waals surface area contributed by atoms with Gasteiger partial charge in [-0.15, -0.1) is 0 Å². The van der Waals surface area contributed by atoms with Crippen LogP contribution in [0, 0.1) is 11.8 Å². The molecule has 1 unspecified atom stereocenters. The topological polar surface area (TPSA) is 29.1 Å². The molecule has 12 heavy (non-hydrogen) atoms. The third-order valence-corrected chi connectivity index (χ3v) is 3.28. The normalized spacial score (nSPS) is 39.6. The van der Waals surface area contributed by atoms with E-state index in [1.807, 2.05) is 0 Å². The van der Waals surface area contributed by atoms with Gasteiger partial charge in [0.25, 0.3) is 0 Å². The molecule has 0 aromatic heterocycles. The Morgan fingerprint density at radius 2 is 1.75 bits per heavy atom. The van der Waals surface area contributed by atoms with E-state index in [0.29, 0.717) is 6.04 Å². The summed E-state index contributed by atoms with van der Waals surface area (Å²) in [5.41, 5.74) is 0. The maximum absolute atomic E-state index is 10.8. The molecule has 0 saturated heterocycles. The number of fused-ring (bicyclic) bond motifs is 1. The molecule has 0 bridgehead atoms. The predicted octanol–water partition coefficient (Wildman–Crippen LogP) is 1.70. The van der Waals surface area contributed by atoms with Gasteiger partial charge < -0.3 is 5.32 Å². The van der Waals surface area contributed by atoms with Gasteiger partial charge in [0.05, 0.1) is 0 Å². The van der Waals surface area contributed by atoms with Crippen LogP contribution in [0.1, 0.15) is 39.0 Å². The number of carbonyl (C=O) groups excluding carboxylic acids is 1. The van der Waals surface area contributed by atoms with Gasteiger partial charge in [-0.25, -0.2) is 0 Å². The van der Waals surface area contributed by atoms with E-state index in [4.69, 9.17) is 0 Å². The second-order valence-electron chi connectivity index (χ2n) is 4.19. The van der Waals surface area contributed by atoms with Gasteiger partial charge in [-0.1, -0.05) is 19.3 Å². The average Bonchev–Trinajstić information content (AvgIpc) is 2.66. The zero-order valence-corrected chi connectivity index (χ0v) is 7.68. The fourth-order valence-corrected chi connectivity index (χ4v) is 2.62. The quantitative estimate of drug-likeness (QED) is 0.632. The van der Waals surface area contributed by atoms with E-state index in [-0.39, 0.29) is 5.91 Å². The number of rotatable bonds is 1. The second-order valence-corrected chi connectivity index (χ2v) is 4.19. The van der Waals surface area contributed by atoms with Crippen LogP contribution in [0.3, 0.4) is 0 Å². The van der Waals surface area contributed by atoms with Gasteiger partial charge in [0.2, 0.25) is 5.91 Å². The number of hydrogen-bond donors (Lipinski definition) is 1. The highest BCUT2D eigenvalue weighted by Gasteiger charge is 2.49. The molecule has 0 radical (unpaired) electrons. The Labute approximate surface area is 73.7 Å². The molecule has 2 nitrogen and oxygen atoms in total. The monoisotopic (exact) mass is 167 g/mol. The Kier molecular flexibility index (Phi) is 2.07. The lowest BCUT2D eigenvalue weighted by Crippen LogP contribution is -2.25. The van der Waals surface area contributed by atoms with Gasteiger partial charge in [-0.2, -0.15) is 0 Å². The van der Waals surface area contributed by atoms with Crippen molar-refractivity contribution in [3.63, 3.8) is 0 Å². The Morgan fingerprint density at radius 3 is 2.25 bits per heavy atom. The van der Waals surface area contributed by atoms with Crippen LogP contribution in [0.15, 0.2) is 0 Å². The largest absolute Gasteiger partial charge is 0.353 e. The van der Waals surface area contributed by atoms with Crippen LogP contribution in [-0.4, -0.2) is 11.9 Å². The lowest BCUT2D eigenvalue weighted by Gasteiger charge is -2.02. The smallest absolute Gasteiger partial charge is 0.217 e. The van der Waals surface area contributed by atoms with Crippen molar-refractivity contribution in [3.05, 3.63) is 0 Å². The molecule has 0 heterocycles. The lowest BCUT2D eigenvalue weighted by atomic mass is 10.1. The first-order valence-corrected chi connectivity index (χ1v) is 5.06. The van der Waals surface area contributed by atoms with Crippen LogP contribution in [0.25, 0.3) is 0 Å². The Hall–Kier alpha value is -0.530. The van der Waals surface area contributed by atoms with Crippen LogP contribution in [0.4, 0.5) is 0 Å². The van der Waals surface area contributed by atoms with Gasteiger partial charge in [0.15, 0.2) is 0 Å². The van der Waals surface area contributed by atoms with Crippen molar-refractivity contribution in [2.45, 2.75) is 45.1 Å². The van der Waals surface area contributed by atoms with Crippen LogP contribution in [0.5, 0.6) is 0 Å². The molecule has 0 aliphatic heterocycles. The zero-order valence-electron chi connectivity index (χ0n) is 7.68. The molecule has 2 saturated carbocycles. The highest BCUT2D eigenvalue weighted by atomic mass is 16.1. The molecule has 1 amide bonds. The van der Waals surface area contributed by atoms with Crippen molar-refractivity contribution >= 4 is 5.91 Å². The minimum absolute atomic E-state index is 0.146. The number of amides is 1. The summed E-state index contributed by atoms with van der Waals surface area (Å²) < 4.78 is 0. The fraction of sp³-hybridized carbons (Fsp3) is 0.900. The van der Waals surface area contributed by atoms with Gasteiger partial charge in [0.1, 0.15) is 0 Å². The van der Waals surface area contributed by atoms with Crippen molar-refractivity contribution in [2.75, 3.05) is 0 Å². The Balaban J connectivity index is 1.85. The van der Waals surface area contributed by atoms with E-state index < -0.39 is 0 Å². The van der Waals surface area contributed by atoms with Crippen LogP contribution < -0.4 is 5.32 Å². The standard InChI is InChI=1S/C10H17NO/c1-7(12)11-10-8-5-3-2-4-6-9(8)10/h8-10H,2-6H2,1H3,(H,11,12)/t8-,9+,10?. The van der Waals surface area contributed by atoms with Gasteiger partial charge in [0, 0.05) is 13.0 Å². The van der Waals surface area contributed by atoms with E-state index in [1.54, 1.807) is 6.92 Å². The fourth-order valence-electron chi connectivity index (χ4n) is 2.62. The SMILES string of the molecule is CC(=O)NC1[C@H]2CCCCC[C@@H]12. The number of hydrogen-bond acceptors (Lipinski definition) is 1. The van der Waals surface area contributed by atoms with Gasteiger partial charge >= 0.3 is 0 Å². The van der Waals surface area contributed by atoms with Crippen LogP contribution in [-0.2, 0) is 4.79 Å². The lowest BCUT2D eigenvalue weighted by molar-refractivity contribution is -0.119. The highest BCUT2D eigenvalue weighted by molar-refractivity contribution is 5.73. The van der Waals surface area contributed by atoms with E-state index in [2.05, 4.69) is 5.32 Å². The maximum atomic E-state index is 10.8. The molecule has 1 N–H and O–H groups in total. The summed E-state index contributed by atoms with van der Waals surface area (Å²) in [6, 6.07) is 0.544. The molecule has 2 heteroatoms. The van der Waals surface area contributed by atoms with E-state index in [9.17, 15) is 4.79 Å². The Morgan fingerprint density at radius 1 is 1.17 bits per heavy atom. The van der Waals surface area contributed by atoms with Crippen molar-refractivity contribution in [1.82, 2.24) is 5.32 Å². The minimum Gasteiger partial charge on any atom is -0.353 e. The molecule has 3 atom stereocenters. The van der Waals surface area contributed by atoms with Gasteiger partial charge in [-0.3, -0.25) is 4.79 Å². The van der Waals surface area contributed by atoms with Crippen molar-refractivity contribution < 1.29 is 4.79 Å². The van der Waals surface area contributed by atoms with E-state index in [0.717, 1.165) is 11.8 Å². The first kappa shape index (κ1) is 8.09. The van der Waals surface area contributed by atoms with Gasteiger partial charge in [-0.05, 0) is 24.7 Å². The molecule has 0 spiro atoms. The van der Waals surface area contributed by atoms with Crippen molar-refractivity contribution in [2.24, 2.45) is 11.8 Å². The van der Waals surface area contributed by atoms with Crippen LogP contribution in [0.2, 0.25) is 0 Å². The number of nitrogens with one attached hydrogen (secondary N) is 1. The summed E-state index contributed by atoms with van der Waals surface area (Å²) in [6.45, 7) is 1.62. The second kappa shape index (κ2) is 3.08. The molecule has 2 fully saturated rings. The molecule has 0 aromatic carbocycles.